The first-order valence-corrected chi connectivity index (χ1v) is 7.38. The summed E-state index contributed by atoms with van der Waals surface area (Å²) < 4.78 is 0. The van der Waals surface area contributed by atoms with E-state index in [4.69, 9.17) is 0 Å². The van der Waals surface area contributed by atoms with E-state index in [-0.39, 0.29) is 5.91 Å². The monoisotopic (exact) mass is 276 g/mol. The summed E-state index contributed by atoms with van der Waals surface area (Å²) in [5.74, 6) is 0.895. The number of pyridine rings is 1. The molecule has 5 heteroatoms. The number of hydrogen-bond acceptors (Lipinski definition) is 4. The first-order chi connectivity index (χ1) is 9.70. The fourth-order valence-electron chi connectivity index (χ4n) is 2.35. The SMILES string of the molecule is CCCNc1cc(C(=O)N2CCCN(C)CC2)ccn1. The molecule has 2 rings (SSSR count). The lowest BCUT2D eigenvalue weighted by Crippen LogP contribution is -2.34. The number of nitrogens with one attached hydrogen (secondary N) is 1. The summed E-state index contributed by atoms with van der Waals surface area (Å²) >= 11 is 0. The van der Waals surface area contributed by atoms with Crippen LogP contribution in [0, 0.1) is 0 Å². The van der Waals surface area contributed by atoms with Gasteiger partial charge in [0.2, 0.25) is 0 Å². The molecule has 0 aromatic carbocycles. The number of carbonyl (C=O) groups excluding carboxylic acids is 1. The molecule has 0 bridgehead atoms. The third-order valence-corrected chi connectivity index (χ3v) is 3.57. The van der Waals surface area contributed by atoms with Crippen molar-refractivity contribution in [1.29, 1.82) is 0 Å². The Kier molecular flexibility index (Phi) is 5.35. The third-order valence-electron chi connectivity index (χ3n) is 3.57. The van der Waals surface area contributed by atoms with E-state index in [9.17, 15) is 4.79 Å². The van der Waals surface area contributed by atoms with Gasteiger partial charge in [-0.15, -0.1) is 0 Å². The Labute approximate surface area is 121 Å². The van der Waals surface area contributed by atoms with Gasteiger partial charge in [-0.25, -0.2) is 4.98 Å². The molecule has 0 unspecified atom stereocenters. The minimum absolute atomic E-state index is 0.113. The molecular weight excluding hydrogens is 252 g/mol. The lowest BCUT2D eigenvalue weighted by atomic mass is 10.2. The van der Waals surface area contributed by atoms with Gasteiger partial charge in [0.15, 0.2) is 0 Å². The average molecular weight is 276 g/mol. The highest BCUT2D eigenvalue weighted by Gasteiger charge is 2.19. The van der Waals surface area contributed by atoms with Crippen molar-refractivity contribution in [2.24, 2.45) is 0 Å². The van der Waals surface area contributed by atoms with Crippen molar-refractivity contribution in [2.75, 3.05) is 45.1 Å². The lowest BCUT2D eigenvalue weighted by Gasteiger charge is -2.20. The van der Waals surface area contributed by atoms with Crippen LogP contribution < -0.4 is 5.32 Å². The number of anilines is 1. The maximum Gasteiger partial charge on any atom is 0.254 e. The molecule has 1 aromatic rings. The van der Waals surface area contributed by atoms with Crippen molar-refractivity contribution in [1.82, 2.24) is 14.8 Å². The second-order valence-electron chi connectivity index (χ2n) is 5.31. The van der Waals surface area contributed by atoms with E-state index in [0.29, 0.717) is 0 Å². The number of likely N-dealkylation sites (N-methyl/N-ethyl adjacent to an activating group) is 1. The molecule has 1 fully saturated rings. The molecule has 0 aliphatic carbocycles. The molecule has 1 N–H and O–H groups in total. The lowest BCUT2D eigenvalue weighted by molar-refractivity contribution is 0.0763. The summed E-state index contributed by atoms with van der Waals surface area (Å²) in [5.41, 5.74) is 0.725. The molecule has 0 spiro atoms. The smallest absolute Gasteiger partial charge is 0.254 e. The number of nitrogens with zero attached hydrogens (tertiary/aromatic N) is 3. The van der Waals surface area contributed by atoms with Crippen LogP contribution in [0.3, 0.4) is 0 Å². The van der Waals surface area contributed by atoms with Crippen molar-refractivity contribution in [3.63, 3.8) is 0 Å². The van der Waals surface area contributed by atoms with E-state index in [1.165, 1.54) is 0 Å². The van der Waals surface area contributed by atoms with Crippen LogP contribution in [0.25, 0.3) is 0 Å². The van der Waals surface area contributed by atoms with Gasteiger partial charge < -0.3 is 15.1 Å². The van der Waals surface area contributed by atoms with Crippen LogP contribution in [0.15, 0.2) is 18.3 Å². The zero-order valence-electron chi connectivity index (χ0n) is 12.4. The Morgan fingerprint density at radius 3 is 3.00 bits per heavy atom. The van der Waals surface area contributed by atoms with Gasteiger partial charge in [0.25, 0.3) is 5.91 Å². The summed E-state index contributed by atoms with van der Waals surface area (Å²) in [7, 11) is 2.10. The molecule has 1 aliphatic rings. The van der Waals surface area contributed by atoms with Crippen molar-refractivity contribution in [3.8, 4) is 0 Å². The number of hydrogen-bond donors (Lipinski definition) is 1. The van der Waals surface area contributed by atoms with E-state index in [1.54, 1.807) is 12.3 Å². The van der Waals surface area contributed by atoms with E-state index < -0.39 is 0 Å². The first kappa shape index (κ1) is 14.8. The van der Waals surface area contributed by atoms with E-state index in [0.717, 1.165) is 56.9 Å². The molecule has 2 heterocycles. The number of carbonyl (C=O) groups is 1. The molecular formula is C15H24N4O. The predicted molar refractivity (Wildman–Crippen MR) is 81.0 cm³/mol. The molecule has 5 nitrogen and oxygen atoms in total. The standard InChI is InChI=1S/C15H24N4O/c1-3-6-16-14-12-13(5-7-17-14)15(20)19-9-4-8-18(2)10-11-19/h5,7,12H,3-4,6,8-11H2,1-2H3,(H,16,17). The van der Waals surface area contributed by atoms with Gasteiger partial charge in [-0.05, 0) is 38.6 Å². The Morgan fingerprint density at radius 1 is 1.35 bits per heavy atom. The van der Waals surface area contributed by atoms with Crippen LogP contribution >= 0.6 is 0 Å². The third kappa shape index (κ3) is 3.93. The largest absolute Gasteiger partial charge is 0.370 e. The maximum atomic E-state index is 12.5. The van der Waals surface area contributed by atoms with Gasteiger partial charge in [-0.3, -0.25) is 4.79 Å². The molecule has 0 atom stereocenters. The van der Waals surface area contributed by atoms with Crippen LogP contribution in [-0.4, -0.2) is 60.5 Å². The Bertz CT molecular complexity index is 449. The van der Waals surface area contributed by atoms with Crippen LogP contribution in [-0.2, 0) is 0 Å². The van der Waals surface area contributed by atoms with Crippen molar-refractivity contribution in [2.45, 2.75) is 19.8 Å². The van der Waals surface area contributed by atoms with Crippen LogP contribution in [0.5, 0.6) is 0 Å². The second-order valence-corrected chi connectivity index (χ2v) is 5.31. The van der Waals surface area contributed by atoms with Gasteiger partial charge in [-0.1, -0.05) is 6.92 Å². The van der Waals surface area contributed by atoms with Crippen LogP contribution in [0.4, 0.5) is 5.82 Å². The number of amides is 1. The molecule has 110 valence electrons. The topological polar surface area (TPSA) is 48.5 Å². The van der Waals surface area contributed by atoms with E-state index >= 15 is 0 Å². The normalized spacial score (nSPS) is 16.8. The summed E-state index contributed by atoms with van der Waals surface area (Å²) in [6, 6.07) is 3.65. The van der Waals surface area contributed by atoms with Gasteiger partial charge in [0, 0.05) is 37.9 Å². The van der Waals surface area contributed by atoms with E-state index in [1.807, 2.05) is 11.0 Å². The highest BCUT2D eigenvalue weighted by Crippen LogP contribution is 2.12. The Balaban J connectivity index is 2.04. The van der Waals surface area contributed by atoms with E-state index in [2.05, 4.69) is 29.2 Å². The van der Waals surface area contributed by atoms with Crippen molar-refractivity contribution < 1.29 is 4.79 Å². The van der Waals surface area contributed by atoms with Crippen LogP contribution in [0.2, 0.25) is 0 Å². The molecule has 20 heavy (non-hydrogen) atoms. The fourth-order valence-corrected chi connectivity index (χ4v) is 2.35. The summed E-state index contributed by atoms with van der Waals surface area (Å²) in [6.07, 6.45) is 3.78. The minimum Gasteiger partial charge on any atom is -0.370 e. The molecule has 0 saturated carbocycles. The quantitative estimate of drug-likeness (QED) is 0.909. The molecule has 1 aliphatic heterocycles. The molecule has 1 aromatic heterocycles. The highest BCUT2D eigenvalue weighted by atomic mass is 16.2. The van der Waals surface area contributed by atoms with Gasteiger partial charge in [0.05, 0.1) is 0 Å². The number of aromatic nitrogens is 1. The Hall–Kier alpha value is -1.62. The molecule has 1 amide bonds. The highest BCUT2D eigenvalue weighted by molar-refractivity contribution is 5.94. The van der Waals surface area contributed by atoms with Crippen LogP contribution in [0.1, 0.15) is 30.1 Å². The van der Waals surface area contributed by atoms with Crippen molar-refractivity contribution >= 4 is 11.7 Å². The predicted octanol–water partition coefficient (Wildman–Crippen LogP) is 1.68. The minimum atomic E-state index is 0.113. The first-order valence-electron chi connectivity index (χ1n) is 7.38. The summed E-state index contributed by atoms with van der Waals surface area (Å²) in [4.78, 5) is 21.0. The Morgan fingerprint density at radius 2 is 2.20 bits per heavy atom. The zero-order chi connectivity index (χ0) is 14.4. The van der Waals surface area contributed by atoms with Crippen molar-refractivity contribution in [3.05, 3.63) is 23.9 Å². The zero-order valence-corrected chi connectivity index (χ0v) is 12.4. The maximum absolute atomic E-state index is 12.5. The summed E-state index contributed by atoms with van der Waals surface area (Å²) in [5, 5.41) is 3.22. The summed E-state index contributed by atoms with van der Waals surface area (Å²) in [6.45, 7) is 6.62. The molecule has 1 saturated heterocycles. The van der Waals surface area contributed by atoms with Gasteiger partial charge >= 0.3 is 0 Å². The van der Waals surface area contributed by atoms with Gasteiger partial charge in [0.1, 0.15) is 5.82 Å². The average Bonchev–Trinajstić information content (AvgIpc) is 2.69. The molecule has 0 radical (unpaired) electrons. The fraction of sp³-hybridized carbons (Fsp3) is 0.600. The van der Waals surface area contributed by atoms with Gasteiger partial charge in [-0.2, -0.15) is 0 Å². The second kappa shape index (κ2) is 7.24. The number of rotatable bonds is 4.